The van der Waals surface area contributed by atoms with Crippen molar-refractivity contribution in [1.82, 2.24) is 0 Å². The number of Topliss-reactive ketones (excluding diaryl/α,β-unsaturated/α-hetero) is 2. The van der Waals surface area contributed by atoms with Gasteiger partial charge < -0.3 is 9.84 Å². The number of ketones is 2. The first-order chi connectivity index (χ1) is 11.6. The standard InChI is InChI=1S/C21H30O4/c1-11(2)14-17(22)15-12(25-6)10-13-20(3,4)8-7-9-21(13,5)16(15)19(24)18(14)23/h11-13,22H,7-10H2,1-6H3. The van der Waals surface area contributed by atoms with Gasteiger partial charge in [-0.2, -0.15) is 0 Å². The Morgan fingerprint density at radius 1 is 1.12 bits per heavy atom. The van der Waals surface area contributed by atoms with Gasteiger partial charge in [-0.3, -0.25) is 9.59 Å². The fourth-order valence-electron chi connectivity index (χ4n) is 5.69. The number of hydrogen-bond acceptors (Lipinski definition) is 4. The maximum atomic E-state index is 13.1. The molecule has 0 spiro atoms. The third kappa shape index (κ3) is 2.44. The van der Waals surface area contributed by atoms with E-state index in [4.69, 9.17) is 4.74 Å². The highest BCUT2D eigenvalue weighted by molar-refractivity contribution is 6.50. The Bertz CT molecular complexity index is 695. The van der Waals surface area contributed by atoms with Gasteiger partial charge in [0.15, 0.2) is 0 Å². The molecule has 1 fully saturated rings. The van der Waals surface area contributed by atoms with Gasteiger partial charge in [0.25, 0.3) is 0 Å². The van der Waals surface area contributed by atoms with E-state index >= 15 is 0 Å². The zero-order valence-electron chi connectivity index (χ0n) is 16.2. The molecule has 25 heavy (non-hydrogen) atoms. The summed E-state index contributed by atoms with van der Waals surface area (Å²) in [7, 11) is 1.62. The van der Waals surface area contributed by atoms with Gasteiger partial charge in [-0.15, -0.1) is 0 Å². The normalized spacial score (nSPS) is 35.2. The third-order valence-corrected chi connectivity index (χ3v) is 6.89. The number of carbonyl (C=O) groups excluding carboxylic acids is 2. The van der Waals surface area contributed by atoms with E-state index in [-0.39, 0.29) is 40.1 Å². The number of methoxy groups -OCH3 is 1. The van der Waals surface area contributed by atoms with E-state index in [0.29, 0.717) is 11.1 Å². The van der Waals surface area contributed by atoms with E-state index in [1.165, 1.54) is 0 Å². The second kappa shape index (κ2) is 5.80. The molecule has 3 rings (SSSR count). The molecule has 0 amide bonds. The average molecular weight is 346 g/mol. The molecule has 3 aliphatic carbocycles. The van der Waals surface area contributed by atoms with E-state index in [1.807, 2.05) is 13.8 Å². The number of aliphatic hydroxyl groups excluding tert-OH is 1. The van der Waals surface area contributed by atoms with Crippen molar-refractivity contribution < 1.29 is 19.4 Å². The van der Waals surface area contributed by atoms with Crippen LogP contribution in [0.5, 0.6) is 0 Å². The Balaban J connectivity index is 2.29. The highest BCUT2D eigenvalue weighted by atomic mass is 16.5. The quantitative estimate of drug-likeness (QED) is 0.602. The molecule has 0 aliphatic heterocycles. The van der Waals surface area contributed by atoms with Crippen molar-refractivity contribution in [3.8, 4) is 0 Å². The Morgan fingerprint density at radius 3 is 2.32 bits per heavy atom. The van der Waals surface area contributed by atoms with Gasteiger partial charge in [0.05, 0.1) is 6.10 Å². The van der Waals surface area contributed by atoms with Crippen LogP contribution >= 0.6 is 0 Å². The Kier molecular flexibility index (Phi) is 4.26. The molecule has 1 N–H and O–H groups in total. The van der Waals surface area contributed by atoms with Crippen molar-refractivity contribution >= 4 is 11.6 Å². The highest BCUT2D eigenvalue weighted by Crippen LogP contribution is 2.61. The summed E-state index contributed by atoms with van der Waals surface area (Å²) in [5, 5.41) is 10.9. The van der Waals surface area contributed by atoms with Crippen LogP contribution < -0.4 is 0 Å². The summed E-state index contributed by atoms with van der Waals surface area (Å²) in [6, 6.07) is 0. The van der Waals surface area contributed by atoms with Gasteiger partial charge in [0.2, 0.25) is 11.6 Å². The largest absolute Gasteiger partial charge is 0.507 e. The molecular formula is C21H30O4. The Hall–Kier alpha value is -1.42. The number of aliphatic hydroxyl groups is 1. The van der Waals surface area contributed by atoms with Crippen LogP contribution in [0.3, 0.4) is 0 Å². The fourth-order valence-corrected chi connectivity index (χ4v) is 5.69. The predicted molar refractivity (Wildman–Crippen MR) is 96.2 cm³/mol. The van der Waals surface area contributed by atoms with E-state index in [9.17, 15) is 14.7 Å². The molecule has 3 atom stereocenters. The molecule has 4 nitrogen and oxygen atoms in total. The first-order valence-electron chi connectivity index (χ1n) is 9.36. The topological polar surface area (TPSA) is 63.6 Å². The predicted octanol–water partition coefficient (Wildman–Crippen LogP) is 4.15. The van der Waals surface area contributed by atoms with Gasteiger partial charge >= 0.3 is 0 Å². The number of hydrogen-bond donors (Lipinski definition) is 1. The minimum Gasteiger partial charge on any atom is -0.507 e. The summed E-state index contributed by atoms with van der Waals surface area (Å²) in [5.74, 6) is -0.918. The van der Waals surface area contributed by atoms with Gasteiger partial charge in [-0.1, -0.05) is 41.0 Å². The second-order valence-corrected chi connectivity index (χ2v) is 9.14. The first-order valence-corrected chi connectivity index (χ1v) is 9.36. The lowest BCUT2D eigenvalue weighted by Crippen LogP contribution is -2.53. The first kappa shape index (κ1) is 18.4. The number of allylic oxidation sites excluding steroid dienone is 2. The molecule has 0 heterocycles. The van der Waals surface area contributed by atoms with Gasteiger partial charge in [-0.25, -0.2) is 0 Å². The van der Waals surface area contributed by atoms with Gasteiger partial charge in [-0.05, 0) is 36.5 Å². The van der Waals surface area contributed by atoms with Crippen LogP contribution in [-0.4, -0.2) is 29.9 Å². The number of ether oxygens (including phenoxy) is 1. The maximum Gasteiger partial charge on any atom is 0.233 e. The van der Waals surface area contributed by atoms with Crippen molar-refractivity contribution in [3.63, 3.8) is 0 Å². The van der Waals surface area contributed by atoms with Crippen LogP contribution in [-0.2, 0) is 14.3 Å². The Labute approximate surface area is 150 Å². The molecule has 1 saturated carbocycles. The zero-order valence-corrected chi connectivity index (χ0v) is 16.2. The van der Waals surface area contributed by atoms with E-state index in [1.54, 1.807) is 7.11 Å². The summed E-state index contributed by atoms with van der Waals surface area (Å²) < 4.78 is 5.71. The summed E-state index contributed by atoms with van der Waals surface area (Å²) in [6.45, 7) is 10.3. The maximum absolute atomic E-state index is 13.1. The minimum absolute atomic E-state index is 0.00972. The van der Waals surface area contributed by atoms with E-state index in [0.717, 1.165) is 25.7 Å². The zero-order chi connectivity index (χ0) is 18.7. The molecule has 138 valence electrons. The van der Waals surface area contributed by atoms with Crippen LogP contribution in [0.25, 0.3) is 0 Å². The number of rotatable bonds is 2. The van der Waals surface area contributed by atoms with E-state index in [2.05, 4.69) is 20.8 Å². The lowest BCUT2D eigenvalue weighted by atomic mass is 9.48. The van der Waals surface area contributed by atoms with Gasteiger partial charge in [0, 0.05) is 29.2 Å². The molecular weight excluding hydrogens is 316 g/mol. The third-order valence-electron chi connectivity index (χ3n) is 6.89. The highest BCUT2D eigenvalue weighted by Gasteiger charge is 2.57. The molecule has 0 bridgehead atoms. The monoisotopic (exact) mass is 346 g/mol. The molecule has 0 saturated heterocycles. The van der Waals surface area contributed by atoms with Crippen molar-refractivity contribution in [2.24, 2.45) is 22.7 Å². The minimum atomic E-state index is -0.536. The van der Waals surface area contributed by atoms with E-state index < -0.39 is 11.6 Å². The fraction of sp³-hybridized carbons (Fsp3) is 0.714. The van der Waals surface area contributed by atoms with Gasteiger partial charge in [0.1, 0.15) is 5.76 Å². The molecule has 0 aromatic carbocycles. The summed E-state index contributed by atoms with van der Waals surface area (Å²) in [5.41, 5.74) is 1.03. The van der Waals surface area contributed by atoms with Crippen LogP contribution in [0, 0.1) is 22.7 Å². The second-order valence-electron chi connectivity index (χ2n) is 9.14. The smallest absolute Gasteiger partial charge is 0.233 e. The lowest BCUT2D eigenvalue weighted by Gasteiger charge is -2.56. The molecule has 0 radical (unpaired) electrons. The number of fused-ring (bicyclic) bond motifs is 2. The van der Waals surface area contributed by atoms with Crippen molar-refractivity contribution in [2.75, 3.05) is 7.11 Å². The van der Waals surface area contributed by atoms with Crippen molar-refractivity contribution in [1.29, 1.82) is 0 Å². The van der Waals surface area contributed by atoms with Crippen molar-refractivity contribution in [2.45, 2.75) is 66.4 Å². The molecule has 3 aliphatic rings. The van der Waals surface area contributed by atoms with Crippen LogP contribution in [0.15, 0.2) is 22.5 Å². The molecule has 0 aromatic heterocycles. The number of carbonyl (C=O) groups is 2. The molecule has 3 unspecified atom stereocenters. The van der Waals surface area contributed by atoms with Crippen LogP contribution in [0.4, 0.5) is 0 Å². The molecule has 0 aromatic rings. The summed E-state index contributed by atoms with van der Waals surface area (Å²) in [4.78, 5) is 25.9. The molecule has 4 heteroatoms. The average Bonchev–Trinajstić information content (AvgIpc) is 2.50. The lowest BCUT2D eigenvalue weighted by molar-refractivity contribution is -0.135. The SMILES string of the molecule is COC1CC2C(C)(C)CCCC2(C)C2=C1C(O)=C(C(C)C)C(=O)C2=O. The van der Waals surface area contributed by atoms with Crippen LogP contribution in [0.1, 0.15) is 60.3 Å². The summed E-state index contributed by atoms with van der Waals surface area (Å²) in [6.07, 6.45) is 3.44. The van der Waals surface area contributed by atoms with Crippen molar-refractivity contribution in [3.05, 3.63) is 22.5 Å². The van der Waals surface area contributed by atoms with Crippen LogP contribution in [0.2, 0.25) is 0 Å². The summed E-state index contributed by atoms with van der Waals surface area (Å²) >= 11 is 0. The Morgan fingerprint density at radius 2 is 1.76 bits per heavy atom.